The molecule has 2 N–H and O–H groups in total. The molecule has 1 amide bonds. The van der Waals surface area contributed by atoms with E-state index < -0.39 is 24.0 Å². The largest absolute Gasteiger partial charge is 0.480 e. The smallest absolute Gasteiger partial charge is 0.326 e. The lowest BCUT2D eigenvalue weighted by atomic mass is 10.2. The first-order valence-corrected chi connectivity index (χ1v) is 6.12. The van der Waals surface area contributed by atoms with Gasteiger partial charge in [0.05, 0.1) is 6.10 Å². The summed E-state index contributed by atoms with van der Waals surface area (Å²) < 4.78 is 0.500. The molecule has 1 aromatic heterocycles. The summed E-state index contributed by atoms with van der Waals surface area (Å²) in [5.41, 5.74) is 0.157. The minimum atomic E-state index is -1.12. The number of aliphatic carboxylic acids is 1. The molecular formula is C11H11BrN2O4. The van der Waals surface area contributed by atoms with Gasteiger partial charge in [0.1, 0.15) is 16.3 Å². The average molecular weight is 315 g/mol. The number of hydrogen-bond donors (Lipinski definition) is 2. The number of pyridine rings is 1. The number of carbonyl (C=O) groups excluding carboxylic acids is 1. The van der Waals surface area contributed by atoms with Crippen LogP contribution in [-0.2, 0) is 4.79 Å². The molecule has 0 saturated carbocycles. The molecule has 0 aliphatic carbocycles. The molecule has 0 radical (unpaired) electrons. The fraction of sp³-hybridized carbons (Fsp3) is 0.364. The maximum atomic E-state index is 12.1. The van der Waals surface area contributed by atoms with Gasteiger partial charge in [0.15, 0.2) is 0 Å². The van der Waals surface area contributed by atoms with Gasteiger partial charge in [0.25, 0.3) is 5.91 Å². The number of carboxylic acid groups (broad SMARTS) is 1. The number of aliphatic hydroxyl groups excluding tert-OH is 1. The van der Waals surface area contributed by atoms with Crippen molar-refractivity contribution in [1.82, 2.24) is 9.88 Å². The van der Waals surface area contributed by atoms with E-state index in [0.29, 0.717) is 4.60 Å². The molecule has 18 heavy (non-hydrogen) atoms. The first-order chi connectivity index (χ1) is 8.49. The van der Waals surface area contributed by atoms with E-state index in [1.165, 1.54) is 6.07 Å². The molecule has 2 atom stereocenters. The van der Waals surface area contributed by atoms with Gasteiger partial charge in [-0.15, -0.1) is 0 Å². The number of likely N-dealkylation sites (tertiary alicyclic amines) is 1. The van der Waals surface area contributed by atoms with Gasteiger partial charge in [0.2, 0.25) is 0 Å². The minimum absolute atomic E-state index is 0.0179. The topological polar surface area (TPSA) is 90.7 Å². The molecule has 1 saturated heterocycles. The van der Waals surface area contributed by atoms with Gasteiger partial charge in [-0.2, -0.15) is 0 Å². The first-order valence-electron chi connectivity index (χ1n) is 5.33. The highest BCUT2D eigenvalue weighted by molar-refractivity contribution is 9.10. The van der Waals surface area contributed by atoms with Gasteiger partial charge in [-0.3, -0.25) is 4.79 Å². The molecule has 96 valence electrons. The van der Waals surface area contributed by atoms with E-state index in [1.54, 1.807) is 12.1 Å². The van der Waals surface area contributed by atoms with Gasteiger partial charge < -0.3 is 15.1 Å². The van der Waals surface area contributed by atoms with Crippen molar-refractivity contribution >= 4 is 27.8 Å². The summed E-state index contributed by atoms with van der Waals surface area (Å²) in [6.45, 7) is 0.0179. The molecule has 1 aromatic rings. The average Bonchev–Trinajstić information content (AvgIpc) is 2.70. The van der Waals surface area contributed by atoms with Crippen LogP contribution in [0.5, 0.6) is 0 Å². The molecule has 1 aliphatic heterocycles. The molecule has 0 spiro atoms. The number of rotatable bonds is 2. The molecule has 7 heteroatoms. The van der Waals surface area contributed by atoms with E-state index in [9.17, 15) is 14.7 Å². The van der Waals surface area contributed by atoms with Crippen LogP contribution in [0.2, 0.25) is 0 Å². The van der Waals surface area contributed by atoms with Crippen molar-refractivity contribution in [2.75, 3.05) is 6.54 Å². The van der Waals surface area contributed by atoms with Crippen molar-refractivity contribution in [2.45, 2.75) is 18.6 Å². The predicted octanol–water partition coefficient (Wildman–Crippen LogP) is 0.504. The fourth-order valence-electron chi connectivity index (χ4n) is 1.95. The van der Waals surface area contributed by atoms with Crippen LogP contribution in [0.1, 0.15) is 16.9 Å². The van der Waals surface area contributed by atoms with Crippen molar-refractivity contribution in [2.24, 2.45) is 0 Å². The Labute approximate surface area is 111 Å². The summed E-state index contributed by atoms with van der Waals surface area (Å²) in [5.74, 6) is -1.60. The third kappa shape index (κ3) is 2.51. The van der Waals surface area contributed by atoms with E-state index >= 15 is 0 Å². The lowest BCUT2D eigenvalue weighted by molar-refractivity contribution is -0.141. The van der Waals surface area contributed by atoms with Gasteiger partial charge >= 0.3 is 5.97 Å². The summed E-state index contributed by atoms with van der Waals surface area (Å²) in [5, 5.41) is 18.5. The Kier molecular flexibility index (Phi) is 3.63. The molecule has 1 fully saturated rings. The van der Waals surface area contributed by atoms with Gasteiger partial charge in [0, 0.05) is 13.0 Å². The number of β-amino-alcohol motifs (C(OH)–C–C–N with tert-alkyl or cyclic N) is 1. The lowest BCUT2D eigenvalue weighted by Crippen LogP contribution is -2.40. The zero-order valence-electron chi connectivity index (χ0n) is 9.28. The van der Waals surface area contributed by atoms with Crippen LogP contribution < -0.4 is 0 Å². The maximum Gasteiger partial charge on any atom is 0.326 e. The molecular weight excluding hydrogens is 304 g/mol. The molecule has 0 bridgehead atoms. The SMILES string of the molecule is O=C(O)[C@@H]1C[C@@H](O)CN1C(=O)c1cccc(Br)n1. The Hall–Kier alpha value is -1.47. The second-order valence-electron chi connectivity index (χ2n) is 4.05. The number of aliphatic hydroxyl groups is 1. The second kappa shape index (κ2) is 5.03. The van der Waals surface area contributed by atoms with E-state index in [1.807, 2.05) is 0 Å². The van der Waals surface area contributed by atoms with Gasteiger partial charge in [-0.25, -0.2) is 9.78 Å². The van der Waals surface area contributed by atoms with Crippen molar-refractivity contribution in [3.05, 3.63) is 28.5 Å². The van der Waals surface area contributed by atoms with Crippen LogP contribution in [0.4, 0.5) is 0 Å². The quantitative estimate of drug-likeness (QED) is 0.776. The number of carbonyl (C=O) groups is 2. The van der Waals surface area contributed by atoms with Crippen LogP contribution in [0.25, 0.3) is 0 Å². The summed E-state index contributed by atoms with van der Waals surface area (Å²) in [6, 6.07) is 3.83. The van der Waals surface area contributed by atoms with Crippen LogP contribution in [0.15, 0.2) is 22.8 Å². The second-order valence-corrected chi connectivity index (χ2v) is 4.86. The summed E-state index contributed by atoms with van der Waals surface area (Å²) >= 11 is 3.15. The Bertz CT molecular complexity index is 494. The predicted molar refractivity (Wildman–Crippen MR) is 65.0 cm³/mol. The molecule has 2 heterocycles. The highest BCUT2D eigenvalue weighted by Crippen LogP contribution is 2.20. The van der Waals surface area contributed by atoms with Crippen LogP contribution in [0.3, 0.4) is 0 Å². The number of amides is 1. The highest BCUT2D eigenvalue weighted by Gasteiger charge is 2.39. The van der Waals surface area contributed by atoms with Crippen LogP contribution in [-0.4, -0.2) is 50.7 Å². The number of carboxylic acids is 1. The number of hydrogen-bond acceptors (Lipinski definition) is 4. The zero-order chi connectivity index (χ0) is 13.3. The monoisotopic (exact) mass is 314 g/mol. The summed E-state index contributed by atoms with van der Waals surface area (Å²) in [6.07, 6.45) is -0.753. The van der Waals surface area contributed by atoms with Gasteiger partial charge in [-0.1, -0.05) is 6.07 Å². The van der Waals surface area contributed by atoms with Crippen molar-refractivity contribution in [1.29, 1.82) is 0 Å². The van der Waals surface area contributed by atoms with Crippen molar-refractivity contribution < 1.29 is 19.8 Å². The first kappa shape index (κ1) is 13.0. The standard InChI is InChI=1S/C11H11BrN2O4/c12-9-3-1-2-7(13-9)10(16)14-5-6(15)4-8(14)11(17)18/h1-3,6,8,15H,4-5H2,(H,17,18)/t6-,8+/m1/s1. The Morgan fingerprint density at radius 3 is 2.78 bits per heavy atom. The lowest BCUT2D eigenvalue weighted by Gasteiger charge is -2.20. The Morgan fingerprint density at radius 2 is 2.17 bits per heavy atom. The van der Waals surface area contributed by atoms with E-state index in [2.05, 4.69) is 20.9 Å². The minimum Gasteiger partial charge on any atom is -0.480 e. The zero-order valence-corrected chi connectivity index (χ0v) is 10.9. The third-order valence-electron chi connectivity index (χ3n) is 2.76. The van der Waals surface area contributed by atoms with E-state index in [0.717, 1.165) is 4.90 Å². The summed E-state index contributed by atoms with van der Waals surface area (Å²) in [7, 11) is 0. The maximum absolute atomic E-state index is 12.1. The normalized spacial score (nSPS) is 23.1. The Balaban J connectivity index is 2.25. The Morgan fingerprint density at radius 1 is 1.44 bits per heavy atom. The molecule has 0 unspecified atom stereocenters. The molecule has 1 aliphatic rings. The summed E-state index contributed by atoms with van der Waals surface area (Å²) in [4.78, 5) is 28.3. The molecule has 0 aromatic carbocycles. The van der Waals surface area contributed by atoms with E-state index in [4.69, 9.17) is 5.11 Å². The fourth-order valence-corrected chi connectivity index (χ4v) is 2.29. The van der Waals surface area contributed by atoms with Crippen molar-refractivity contribution in [3.63, 3.8) is 0 Å². The van der Waals surface area contributed by atoms with Gasteiger partial charge in [-0.05, 0) is 28.1 Å². The van der Waals surface area contributed by atoms with Crippen LogP contribution >= 0.6 is 15.9 Å². The molecule has 2 rings (SSSR count). The number of nitrogens with zero attached hydrogens (tertiary/aromatic N) is 2. The van der Waals surface area contributed by atoms with E-state index in [-0.39, 0.29) is 18.7 Å². The third-order valence-corrected chi connectivity index (χ3v) is 3.20. The highest BCUT2D eigenvalue weighted by atomic mass is 79.9. The van der Waals surface area contributed by atoms with Crippen molar-refractivity contribution in [3.8, 4) is 0 Å². The molecule has 6 nitrogen and oxygen atoms in total. The number of aromatic nitrogens is 1. The number of halogens is 1. The van der Waals surface area contributed by atoms with Crippen LogP contribution in [0, 0.1) is 0 Å².